The molecule has 0 radical (unpaired) electrons. The number of nitrogens with zero attached hydrogens (tertiary/aromatic N) is 1. The number of hydrogen-bond acceptors (Lipinski definition) is 2. The van der Waals surface area contributed by atoms with E-state index in [-0.39, 0.29) is 6.03 Å². The summed E-state index contributed by atoms with van der Waals surface area (Å²) < 4.78 is 0. The number of hydrogen-bond donors (Lipinski definition) is 2. The van der Waals surface area contributed by atoms with Gasteiger partial charge >= 0.3 is 6.03 Å². The number of nitriles is 1. The lowest BCUT2D eigenvalue weighted by atomic mass is 10.1. The van der Waals surface area contributed by atoms with E-state index in [1.807, 2.05) is 38.1 Å². The minimum Gasteiger partial charge on any atom is -0.307 e. The van der Waals surface area contributed by atoms with Gasteiger partial charge in [-0.2, -0.15) is 5.26 Å². The summed E-state index contributed by atoms with van der Waals surface area (Å²) in [5, 5.41) is 14.5. The molecule has 0 heterocycles. The second-order valence-electron chi connectivity index (χ2n) is 4.50. The zero-order chi connectivity index (χ0) is 14.5. The summed E-state index contributed by atoms with van der Waals surface area (Å²) in [6.45, 7) is 3.87. The minimum absolute atomic E-state index is 0.356. The molecule has 0 unspecified atom stereocenters. The van der Waals surface area contributed by atoms with E-state index in [1.54, 1.807) is 24.3 Å². The lowest BCUT2D eigenvalue weighted by Gasteiger charge is -2.12. The number of amides is 2. The fraction of sp³-hybridized carbons (Fsp3) is 0.125. The summed E-state index contributed by atoms with van der Waals surface area (Å²) in [4.78, 5) is 12.0. The normalized spacial score (nSPS) is 9.65. The second-order valence-corrected chi connectivity index (χ2v) is 4.50. The van der Waals surface area contributed by atoms with Crippen molar-refractivity contribution in [3.63, 3.8) is 0 Å². The smallest absolute Gasteiger partial charge is 0.307 e. The quantitative estimate of drug-likeness (QED) is 0.866. The van der Waals surface area contributed by atoms with E-state index >= 15 is 0 Å². The Labute approximate surface area is 118 Å². The number of carbonyl (C=O) groups is 1. The third-order valence-corrected chi connectivity index (χ3v) is 3.02. The van der Waals surface area contributed by atoms with Crippen LogP contribution in [0.5, 0.6) is 0 Å². The molecule has 0 saturated heterocycles. The van der Waals surface area contributed by atoms with Crippen molar-refractivity contribution >= 4 is 17.4 Å². The van der Waals surface area contributed by atoms with E-state index < -0.39 is 0 Å². The lowest BCUT2D eigenvalue weighted by Crippen LogP contribution is -2.21. The number of carbonyl (C=O) groups excluding carboxylic acids is 1. The van der Waals surface area contributed by atoms with Gasteiger partial charge in [-0.25, -0.2) is 4.79 Å². The Balaban J connectivity index is 2.16. The van der Waals surface area contributed by atoms with Crippen LogP contribution >= 0.6 is 0 Å². The van der Waals surface area contributed by atoms with E-state index in [0.717, 1.165) is 16.8 Å². The molecule has 2 N–H and O–H groups in total. The zero-order valence-corrected chi connectivity index (χ0v) is 11.4. The Morgan fingerprint density at radius 1 is 1.00 bits per heavy atom. The van der Waals surface area contributed by atoms with E-state index in [2.05, 4.69) is 10.6 Å². The molecule has 100 valence electrons. The molecule has 0 atom stereocenters. The van der Waals surface area contributed by atoms with Crippen molar-refractivity contribution in [1.29, 1.82) is 5.26 Å². The molecule has 20 heavy (non-hydrogen) atoms. The topological polar surface area (TPSA) is 64.9 Å². The van der Waals surface area contributed by atoms with Crippen molar-refractivity contribution in [2.24, 2.45) is 0 Å². The van der Waals surface area contributed by atoms with Gasteiger partial charge in [0.1, 0.15) is 6.07 Å². The lowest BCUT2D eigenvalue weighted by molar-refractivity contribution is 0.262. The molecule has 4 heteroatoms. The van der Waals surface area contributed by atoms with Crippen LogP contribution in [0.1, 0.15) is 16.7 Å². The number of nitrogens with one attached hydrogen (secondary N) is 2. The van der Waals surface area contributed by atoms with E-state index in [4.69, 9.17) is 5.26 Å². The van der Waals surface area contributed by atoms with Crippen LogP contribution in [0.25, 0.3) is 0 Å². The molecule has 0 aliphatic carbocycles. The Bertz CT molecular complexity index is 666. The van der Waals surface area contributed by atoms with Crippen molar-refractivity contribution in [3.05, 3.63) is 59.2 Å². The van der Waals surface area contributed by atoms with Crippen LogP contribution in [0.15, 0.2) is 42.5 Å². The van der Waals surface area contributed by atoms with E-state index in [0.29, 0.717) is 11.3 Å². The van der Waals surface area contributed by atoms with Crippen molar-refractivity contribution in [2.75, 3.05) is 10.6 Å². The van der Waals surface area contributed by atoms with Gasteiger partial charge in [0, 0.05) is 5.69 Å². The molecule has 0 fully saturated rings. The average molecular weight is 265 g/mol. The summed E-state index contributed by atoms with van der Waals surface area (Å²) in [7, 11) is 0. The van der Waals surface area contributed by atoms with Gasteiger partial charge in [0.2, 0.25) is 0 Å². The monoisotopic (exact) mass is 265 g/mol. The number of urea groups is 1. The van der Waals surface area contributed by atoms with Crippen LogP contribution in [0.3, 0.4) is 0 Å². The molecule has 0 aliphatic heterocycles. The molecule has 2 rings (SSSR count). The van der Waals surface area contributed by atoms with Crippen LogP contribution in [-0.2, 0) is 0 Å². The minimum atomic E-state index is -0.356. The zero-order valence-electron chi connectivity index (χ0n) is 11.4. The molecule has 0 aliphatic rings. The third-order valence-electron chi connectivity index (χ3n) is 3.02. The predicted octanol–water partition coefficient (Wildman–Crippen LogP) is 3.82. The van der Waals surface area contributed by atoms with Gasteiger partial charge in [0.15, 0.2) is 0 Å². The Kier molecular flexibility index (Phi) is 4.02. The summed E-state index contributed by atoms with van der Waals surface area (Å²) in [6.07, 6.45) is 0. The first-order valence-electron chi connectivity index (χ1n) is 6.25. The maximum absolute atomic E-state index is 12.0. The maximum Gasteiger partial charge on any atom is 0.323 e. The Morgan fingerprint density at radius 3 is 2.30 bits per heavy atom. The highest BCUT2D eigenvalue weighted by molar-refractivity contribution is 6.01. The molecule has 2 aromatic carbocycles. The van der Waals surface area contributed by atoms with Crippen molar-refractivity contribution in [3.8, 4) is 6.07 Å². The average Bonchev–Trinajstić information content (AvgIpc) is 2.44. The SMILES string of the molecule is Cc1cccc(C)c1NC(=O)Nc1ccccc1C#N. The first-order chi connectivity index (χ1) is 9.61. The van der Waals surface area contributed by atoms with Crippen LogP contribution in [0.2, 0.25) is 0 Å². The largest absolute Gasteiger partial charge is 0.323 e. The standard InChI is InChI=1S/C16H15N3O/c1-11-6-5-7-12(2)15(11)19-16(20)18-14-9-4-3-8-13(14)10-17/h3-9H,1-2H3,(H2,18,19,20). The summed E-state index contributed by atoms with van der Waals surface area (Å²) in [6, 6.07) is 14.4. The number of benzene rings is 2. The number of anilines is 2. The second kappa shape index (κ2) is 5.89. The van der Waals surface area contributed by atoms with Gasteiger partial charge < -0.3 is 10.6 Å². The Morgan fingerprint density at radius 2 is 1.65 bits per heavy atom. The van der Waals surface area contributed by atoms with Crippen molar-refractivity contribution in [1.82, 2.24) is 0 Å². The molecule has 0 spiro atoms. The van der Waals surface area contributed by atoms with Crippen LogP contribution in [0.4, 0.5) is 16.2 Å². The number of para-hydroxylation sites is 2. The van der Waals surface area contributed by atoms with Gasteiger partial charge in [-0.1, -0.05) is 30.3 Å². The van der Waals surface area contributed by atoms with E-state index in [1.165, 1.54) is 0 Å². The van der Waals surface area contributed by atoms with Crippen LogP contribution < -0.4 is 10.6 Å². The highest BCUT2D eigenvalue weighted by Crippen LogP contribution is 2.20. The number of rotatable bonds is 2. The molecule has 4 nitrogen and oxygen atoms in total. The van der Waals surface area contributed by atoms with Gasteiger partial charge in [0.05, 0.1) is 11.3 Å². The molecule has 2 aromatic rings. The Hall–Kier alpha value is -2.80. The molecule has 2 amide bonds. The van der Waals surface area contributed by atoms with Crippen molar-refractivity contribution < 1.29 is 4.79 Å². The fourth-order valence-electron chi connectivity index (χ4n) is 1.97. The molecular formula is C16H15N3O. The molecule has 0 bridgehead atoms. The van der Waals surface area contributed by atoms with Gasteiger partial charge in [-0.3, -0.25) is 0 Å². The first kappa shape index (κ1) is 13.6. The first-order valence-corrected chi connectivity index (χ1v) is 6.25. The summed E-state index contributed by atoms with van der Waals surface area (Å²) >= 11 is 0. The maximum atomic E-state index is 12.0. The van der Waals surface area contributed by atoms with Gasteiger partial charge in [-0.05, 0) is 37.1 Å². The van der Waals surface area contributed by atoms with E-state index in [9.17, 15) is 4.79 Å². The summed E-state index contributed by atoms with van der Waals surface area (Å²) in [5.41, 5.74) is 3.71. The molecular weight excluding hydrogens is 250 g/mol. The third kappa shape index (κ3) is 2.96. The summed E-state index contributed by atoms with van der Waals surface area (Å²) in [5.74, 6) is 0. The molecule has 0 saturated carbocycles. The predicted molar refractivity (Wildman–Crippen MR) is 79.7 cm³/mol. The fourth-order valence-corrected chi connectivity index (χ4v) is 1.97. The van der Waals surface area contributed by atoms with Crippen LogP contribution in [0, 0.1) is 25.2 Å². The van der Waals surface area contributed by atoms with Gasteiger partial charge in [-0.15, -0.1) is 0 Å². The highest BCUT2D eigenvalue weighted by Gasteiger charge is 2.09. The number of aryl methyl sites for hydroxylation is 2. The highest BCUT2D eigenvalue weighted by atomic mass is 16.2. The van der Waals surface area contributed by atoms with Gasteiger partial charge in [0.25, 0.3) is 0 Å². The molecule has 0 aromatic heterocycles. The van der Waals surface area contributed by atoms with Crippen molar-refractivity contribution in [2.45, 2.75) is 13.8 Å². The van der Waals surface area contributed by atoms with Crippen LogP contribution in [-0.4, -0.2) is 6.03 Å².